The Bertz CT molecular complexity index is 780. The average molecular weight is 346 g/mol. The van der Waals surface area contributed by atoms with E-state index in [0.717, 1.165) is 5.56 Å². The van der Waals surface area contributed by atoms with Gasteiger partial charge < -0.3 is 10.1 Å². The molecule has 1 heterocycles. The summed E-state index contributed by atoms with van der Waals surface area (Å²) >= 11 is 0. The van der Waals surface area contributed by atoms with Crippen molar-refractivity contribution < 1.29 is 14.3 Å². The van der Waals surface area contributed by atoms with E-state index >= 15 is 0 Å². The molecule has 0 radical (unpaired) electrons. The van der Waals surface area contributed by atoms with Gasteiger partial charge in [0.05, 0.1) is 19.6 Å². The smallest absolute Gasteiger partial charge is 0.345 e. The van der Waals surface area contributed by atoms with Gasteiger partial charge in [0, 0.05) is 25.6 Å². The third-order valence-electron chi connectivity index (χ3n) is 3.58. The van der Waals surface area contributed by atoms with Crippen molar-refractivity contribution in [1.82, 2.24) is 19.7 Å². The molecule has 0 saturated heterocycles. The highest BCUT2D eigenvalue weighted by atomic mass is 16.5. The van der Waals surface area contributed by atoms with E-state index in [1.807, 2.05) is 30.3 Å². The van der Waals surface area contributed by atoms with E-state index < -0.39 is 5.97 Å². The summed E-state index contributed by atoms with van der Waals surface area (Å²) in [6.45, 7) is 2.52. The van der Waals surface area contributed by atoms with E-state index in [2.05, 4.69) is 10.4 Å². The molecule has 1 amide bonds. The number of hydrogen-bond donors (Lipinski definition) is 1. The molecule has 0 spiro atoms. The Morgan fingerprint density at radius 3 is 2.60 bits per heavy atom. The van der Waals surface area contributed by atoms with Crippen LogP contribution in [0.3, 0.4) is 0 Å². The lowest BCUT2D eigenvalue weighted by atomic mass is 10.2. The molecule has 8 heteroatoms. The van der Waals surface area contributed by atoms with E-state index in [4.69, 9.17) is 4.74 Å². The Morgan fingerprint density at radius 1 is 1.20 bits per heavy atom. The number of ether oxygens (including phenoxy) is 1. The molecular weight excluding hydrogens is 324 g/mol. The van der Waals surface area contributed by atoms with Gasteiger partial charge in [-0.05, 0) is 6.92 Å². The van der Waals surface area contributed by atoms with Crippen LogP contribution in [0.2, 0.25) is 0 Å². The summed E-state index contributed by atoms with van der Waals surface area (Å²) in [6, 6.07) is 9.40. The minimum Gasteiger partial charge on any atom is -0.466 e. The first-order valence-corrected chi connectivity index (χ1v) is 8.14. The summed E-state index contributed by atoms with van der Waals surface area (Å²) in [5.74, 6) is -0.0920. The second kappa shape index (κ2) is 8.81. The summed E-state index contributed by atoms with van der Waals surface area (Å²) in [5.41, 5.74) is 0.596. The number of carbonyl (C=O) groups is 2. The molecule has 2 aromatic rings. The van der Waals surface area contributed by atoms with Crippen molar-refractivity contribution in [3.63, 3.8) is 0 Å². The molecule has 134 valence electrons. The van der Waals surface area contributed by atoms with Gasteiger partial charge in [-0.2, -0.15) is 0 Å². The maximum Gasteiger partial charge on any atom is 0.345 e. The Morgan fingerprint density at radius 2 is 1.92 bits per heavy atom. The molecule has 1 N–H and O–H groups in total. The molecule has 0 aliphatic heterocycles. The summed E-state index contributed by atoms with van der Waals surface area (Å²) < 4.78 is 7.55. The van der Waals surface area contributed by atoms with Crippen molar-refractivity contribution in [1.29, 1.82) is 0 Å². The van der Waals surface area contributed by atoms with Crippen molar-refractivity contribution in [3.8, 4) is 11.4 Å². The van der Waals surface area contributed by atoms with E-state index in [0.29, 0.717) is 12.4 Å². The fourth-order valence-electron chi connectivity index (χ4n) is 2.31. The summed E-state index contributed by atoms with van der Waals surface area (Å²) in [4.78, 5) is 35.1. The normalized spacial score (nSPS) is 10.5. The molecule has 0 aliphatic rings. The monoisotopic (exact) mass is 346 g/mol. The van der Waals surface area contributed by atoms with Crippen LogP contribution in [0.15, 0.2) is 35.1 Å². The first kappa shape index (κ1) is 18.4. The van der Waals surface area contributed by atoms with E-state index in [1.54, 1.807) is 14.0 Å². The molecule has 1 aromatic carbocycles. The lowest BCUT2D eigenvalue weighted by molar-refractivity contribution is -0.144. The summed E-state index contributed by atoms with van der Waals surface area (Å²) in [6.07, 6.45) is 0.104. The molecule has 0 unspecified atom stereocenters. The Kier molecular flexibility index (Phi) is 6.50. The van der Waals surface area contributed by atoms with Crippen LogP contribution < -0.4 is 11.0 Å². The highest BCUT2D eigenvalue weighted by Gasteiger charge is 2.12. The minimum atomic E-state index is -0.397. The third kappa shape index (κ3) is 5.03. The van der Waals surface area contributed by atoms with Gasteiger partial charge in [0.25, 0.3) is 0 Å². The van der Waals surface area contributed by atoms with Crippen LogP contribution in [0, 0.1) is 0 Å². The fourth-order valence-corrected chi connectivity index (χ4v) is 2.31. The van der Waals surface area contributed by atoms with Crippen LogP contribution in [0.25, 0.3) is 11.4 Å². The lowest BCUT2D eigenvalue weighted by Crippen LogP contribution is -2.32. The van der Waals surface area contributed by atoms with Crippen LogP contribution >= 0.6 is 0 Å². The number of aromatic nitrogens is 3. The number of nitrogens with one attached hydrogen (secondary N) is 1. The van der Waals surface area contributed by atoms with Gasteiger partial charge in [-0.15, -0.1) is 5.10 Å². The molecular formula is C17H22N4O4. The molecule has 1 aromatic heterocycles. The molecule has 0 bridgehead atoms. The predicted octanol–water partition coefficient (Wildman–Crippen LogP) is 0.708. The molecule has 0 saturated carbocycles. The summed E-state index contributed by atoms with van der Waals surface area (Å²) in [5, 5.41) is 6.99. The molecule has 8 nitrogen and oxygen atoms in total. The highest BCUT2D eigenvalue weighted by Crippen LogP contribution is 2.13. The SMILES string of the molecule is CCOC(=O)CCC(=O)NCCn1nc(-c2ccccc2)n(C)c1=O. The van der Waals surface area contributed by atoms with Crippen LogP contribution in [0.1, 0.15) is 19.8 Å². The lowest BCUT2D eigenvalue weighted by Gasteiger charge is -2.04. The third-order valence-corrected chi connectivity index (χ3v) is 3.58. The maximum absolute atomic E-state index is 12.2. The first-order chi connectivity index (χ1) is 12.0. The van der Waals surface area contributed by atoms with E-state index in [9.17, 15) is 14.4 Å². The van der Waals surface area contributed by atoms with Gasteiger partial charge in [0.1, 0.15) is 0 Å². The molecule has 0 fully saturated rings. The van der Waals surface area contributed by atoms with Crippen LogP contribution in [-0.2, 0) is 27.9 Å². The number of amides is 1. The van der Waals surface area contributed by atoms with Crippen molar-refractivity contribution in [2.75, 3.05) is 13.2 Å². The Labute approximate surface area is 145 Å². The summed E-state index contributed by atoms with van der Waals surface area (Å²) in [7, 11) is 1.66. The number of benzene rings is 1. The van der Waals surface area contributed by atoms with Gasteiger partial charge in [-0.25, -0.2) is 9.48 Å². The van der Waals surface area contributed by atoms with Crippen molar-refractivity contribution in [3.05, 3.63) is 40.8 Å². The number of carbonyl (C=O) groups excluding carboxylic acids is 2. The second-order valence-electron chi connectivity index (χ2n) is 5.41. The van der Waals surface area contributed by atoms with Crippen LogP contribution in [0.5, 0.6) is 0 Å². The van der Waals surface area contributed by atoms with Gasteiger partial charge >= 0.3 is 11.7 Å². The number of hydrogen-bond acceptors (Lipinski definition) is 5. The molecule has 0 atom stereocenters. The Balaban J connectivity index is 1.88. The van der Waals surface area contributed by atoms with Gasteiger partial charge in [-0.3, -0.25) is 14.2 Å². The van der Waals surface area contributed by atoms with E-state index in [-0.39, 0.29) is 37.5 Å². The standard InChI is InChI=1S/C17H22N4O4/c1-3-25-15(23)10-9-14(22)18-11-12-21-17(24)20(2)16(19-21)13-7-5-4-6-8-13/h4-8H,3,9-12H2,1-2H3,(H,18,22). The van der Waals surface area contributed by atoms with Crippen molar-refractivity contribution in [2.24, 2.45) is 7.05 Å². The minimum absolute atomic E-state index is 0.0430. The van der Waals surface area contributed by atoms with Crippen molar-refractivity contribution in [2.45, 2.75) is 26.3 Å². The zero-order chi connectivity index (χ0) is 18.2. The second-order valence-corrected chi connectivity index (χ2v) is 5.41. The maximum atomic E-state index is 12.2. The predicted molar refractivity (Wildman–Crippen MR) is 91.8 cm³/mol. The molecule has 2 rings (SSSR count). The van der Waals surface area contributed by atoms with Gasteiger partial charge in [0.2, 0.25) is 5.91 Å². The average Bonchev–Trinajstić information content (AvgIpc) is 2.89. The number of nitrogens with zero attached hydrogens (tertiary/aromatic N) is 3. The number of esters is 1. The van der Waals surface area contributed by atoms with E-state index in [1.165, 1.54) is 9.25 Å². The first-order valence-electron chi connectivity index (χ1n) is 8.14. The Hall–Kier alpha value is -2.90. The van der Waals surface area contributed by atoms with Crippen LogP contribution in [-0.4, -0.2) is 39.4 Å². The fraction of sp³-hybridized carbons (Fsp3) is 0.412. The number of rotatable bonds is 8. The highest BCUT2D eigenvalue weighted by molar-refractivity contribution is 5.81. The largest absolute Gasteiger partial charge is 0.466 e. The quantitative estimate of drug-likeness (QED) is 0.710. The zero-order valence-electron chi connectivity index (χ0n) is 14.4. The zero-order valence-corrected chi connectivity index (χ0v) is 14.4. The van der Waals surface area contributed by atoms with Gasteiger partial charge in [0.15, 0.2) is 5.82 Å². The molecule has 0 aliphatic carbocycles. The topological polar surface area (TPSA) is 95.2 Å². The van der Waals surface area contributed by atoms with Gasteiger partial charge in [-0.1, -0.05) is 30.3 Å². The van der Waals surface area contributed by atoms with Crippen molar-refractivity contribution >= 4 is 11.9 Å². The molecule has 25 heavy (non-hydrogen) atoms. The van der Waals surface area contributed by atoms with Crippen LogP contribution in [0.4, 0.5) is 0 Å².